The number of benzene rings is 2. The first kappa shape index (κ1) is 21.2. The third-order valence-electron chi connectivity index (χ3n) is 4.73. The second-order valence-electron chi connectivity index (χ2n) is 6.84. The van der Waals surface area contributed by atoms with Crippen LogP contribution in [0.15, 0.2) is 59.4 Å². The molecule has 0 spiro atoms. The van der Waals surface area contributed by atoms with Gasteiger partial charge < -0.3 is 0 Å². The van der Waals surface area contributed by atoms with Crippen LogP contribution < -0.4 is 9.86 Å². The molecule has 154 valence electrons. The second-order valence-corrected chi connectivity index (χ2v) is 9.34. The molecule has 0 atom stereocenters. The van der Waals surface area contributed by atoms with Gasteiger partial charge in [0.05, 0.1) is 17.9 Å². The minimum atomic E-state index is -3.94. The van der Waals surface area contributed by atoms with Crippen LogP contribution in [0, 0.1) is 6.92 Å². The Bertz CT molecular complexity index is 1180. The van der Waals surface area contributed by atoms with E-state index < -0.39 is 15.8 Å². The van der Waals surface area contributed by atoms with Crippen molar-refractivity contribution < 1.29 is 8.42 Å². The molecule has 7 nitrogen and oxygen atoms in total. The molecule has 0 aliphatic heterocycles. The van der Waals surface area contributed by atoms with Crippen molar-refractivity contribution in [2.45, 2.75) is 13.5 Å². The predicted molar refractivity (Wildman–Crippen MR) is 116 cm³/mol. The molecular formula is C20H23ClN4O3S. The maximum atomic E-state index is 13.4. The Hall–Kier alpha value is -2.55. The number of rotatable bonds is 6. The van der Waals surface area contributed by atoms with Crippen LogP contribution in [-0.4, -0.2) is 36.2 Å². The molecule has 29 heavy (non-hydrogen) atoms. The summed E-state index contributed by atoms with van der Waals surface area (Å²) in [7, 11) is 0.670. The van der Waals surface area contributed by atoms with E-state index in [-0.39, 0.29) is 12.2 Å². The molecule has 3 rings (SSSR count). The zero-order valence-electron chi connectivity index (χ0n) is 16.7. The molecule has 0 fully saturated rings. The summed E-state index contributed by atoms with van der Waals surface area (Å²) in [6.45, 7) is 1.71. The van der Waals surface area contributed by atoms with E-state index in [4.69, 9.17) is 11.6 Å². The largest absolute Gasteiger partial charge is 0.304 e. The zero-order valence-corrected chi connectivity index (χ0v) is 18.3. The first-order valence-corrected chi connectivity index (χ1v) is 10.7. The van der Waals surface area contributed by atoms with Crippen molar-refractivity contribution in [2.75, 3.05) is 18.4 Å². The van der Waals surface area contributed by atoms with Crippen molar-refractivity contribution in [2.24, 2.45) is 7.05 Å². The topological polar surface area (TPSA) is 67.6 Å². The Morgan fingerprint density at radius 1 is 1.03 bits per heavy atom. The lowest BCUT2D eigenvalue weighted by atomic mass is 10.2. The fourth-order valence-corrected chi connectivity index (χ4v) is 4.48. The molecule has 1 aromatic heterocycles. The van der Waals surface area contributed by atoms with Crippen LogP contribution in [0.3, 0.4) is 0 Å². The van der Waals surface area contributed by atoms with Crippen LogP contribution in [0.2, 0.25) is 5.02 Å². The van der Waals surface area contributed by atoms with Crippen LogP contribution >= 0.6 is 11.6 Å². The molecule has 0 aliphatic rings. The average molecular weight is 435 g/mol. The van der Waals surface area contributed by atoms with Crippen LogP contribution in [0.4, 0.5) is 5.69 Å². The summed E-state index contributed by atoms with van der Waals surface area (Å²) in [6, 6.07) is 16.0. The minimum Gasteiger partial charge on any atom is -0.283 e. The van der Waals surface area contributed by atoms with Crippen molar-refractivity contribution in [1.82, 2.24) is 13.7 Å². The summed E-state index contributed by atoms with van der Waals surface area (Å²) in [4.78, 5) is 13.4. The fourth-order valence-electron chi connectivity index (χ4n) is 3.12. The van der Waals surface area contributed by atoms with E-state index >= 15 is 0 Å². The summed E-state index contributed by atoms with van der Waals surface area (Å²) in [5.41, 5.74) is 1.55. The molecule has 0 radical (unpaired) electrons. The molecule has 9 heteroatoms. The van der Waals surface area contributed by atoms with Gasteiger partial charge in [0.2, 0.25) is 0 Å². The SMILES string of the molecule is Cc1c(N(Cc2cccc(Cl)c2)S(=O)(=O)N(C)C)c(=O)n(-c2ccccc2)n1C. The number of hydrogen-bond donors (Lipinski definition) is 0. The van der Waals surface area contributed by atoms with Crippen molar-refractivity contribution in [1.29, 1.82) is 0 Å². The van der Waals surface area contributed by atoms with E-state index in [1.165, 1.54) is 18.8 Å². The predicted octanol–water partition coefficient (Wildman–Crippen LogP) is 2.95. The fraction of sp³-hybridized carbons (Fsp3) is 0.250. The lowest BCUT2D eigenvalue weighted by molar-refractivity contribution is 0.514. The van der Waals surface area contributed by atoms with E-state index in [2.05, 4.69) is 0 Å². The van der Waals surface area contributed by atoms with Gasteiger partial charge in [-0.15, -0.1) is 0 Å². The van der Waals surface area contributed by atoms with Gasteiger partial charge >= 0.3 is 10.2 Å². The highest BCUT2D eigenvalue weighted by Crippen LogP contribution is 2.25. The van der Waals surface area contributed by atoms with E-state index in [0.717, 1.165) is 8.61 Å². The number of halogens is 1. The van der Waals surface area contributed by atoms with Crippen LogP contribution in [0.25, 0.3) is 5.69 Å². The van der Waals surface area contributed by atoms with E-state index in [9.17, 15) is 13.2 Å². The summed E-state index contributed by atoms with van der Waals surface area (Å²) < 4.78 is 31.6. The molecular weight excluding hydrogens is 412 g/mol. The first-order chi connectivity index (χ1) is 13.6. The Balaban J connectivity index is 2.23. The molecule has 2 aromatic carbocycles. The quantitative estimate of drug-likeness (QED) is 0.599. The van der Waals surface area contributed by atoms with Gasteiger partial charge in [-0.1, -0.05) is 41.9 Å². The van der Waals surface area contributed by atoms with Crippen LogP contribution in [0.1, 0.15) is 11.3 Å². The summed E-state index contributed by atoms with van der Waals surface area (Å²) in [5, 5.41) is 0.496. The van der Waals surface area contributed by atoms with Crippen molar-refractivity contribution >= 4 is 27.5 Å². The van der Waals surface area contributed by atoms with Crippen LogP contribution in [-0.2, 0) is 23.8 Å². The maximum Gasteiger partial charge on any atom is 0.304 e. The highest BCUT2D eigenvalue weighted by Gasteiger charge is 2.32. The van der Waals surface area contributed by atoms with Gasteiger partial charge in [0.25, 0.3) is 5.56 Å². The van der Waals surface area contributed by atoms with E-state index in [1.807, 2.05) is 18.2 Å². The van der Waals surface area contributed by atoms with Crippen molar-refractivity contribution in [3.63, 3.8) is 0 Å². The summed E-state index contributed by atoms with van der Waals surface area (Å²) in [6.07, 6.45) is 0. The third-order valence-corrected chi connectivity index (χ3v) is 6.76. The van der Waals surface area contributed by atoms with E-state index in [1.54, 1.807) is 55.1 Å². The Morgan fingerprint density at radius 3 is 2.28 bits per heavy atom. The third kappa shape index (κ3) is 3.96. The highest BCUT2D eigenvalue weighted by atomic mass is 35.5. The molecule has 0 bridgehead atoms. The number of aromatic nitrogens is 2. The molecule has 0 amide bonds. The lowest BCUT2D eigenvalue weighted by Crippen LogP contribution is -2.42. The molecule has 0 aliphatic carbocycles. The van der Waals surface area contributed by atoms with Gasteiger partial charge in [0.1, 0.15) is 5.69 Å². The summed E-state index contributed by atoms with van der Waals surface area (Å²) in [5.74, 6) is 0. The second kappa shape index (κ2) is 8.06. The smallest absolute Gasteiger partial charge is 0.283 e. The van der Waals surface area contributed by atoms with Crippen molar-refractivity contribution in [3.8, 4) is 5.69 Å². The van der Waals surface area contributed by atoms with Gasteiger partial charge in [-0.3, -0.25) is 9.48 Å². The molecule has 3 aromatic rings. The zero-order chi connectivity index (χ0) is 21.3. The van der Waals surface area contributed by atoms with Gasteiger partial charge in [-0.2, -0.15) is 12.7 Å². The number of para-hydroxylation sites is 1. The molecule has 0 saturated carbocycles. The van der Waals surface area contributed by atoms with Gasteiger partial charge in [-0.05, 0) is 36.8 Å². The summed E-state index contributed by atoms with van der Waals surface area (Å²) >= 11 is 6.07. The standard InChI is InChI=1S/C20H23ClN4O3S/c1-15-19(20(26)25(23(15)4)18-11-6-5-7-12-18)24(29(27,28)22(2)3)14-16-9-8-10-17(21)13-16/h5-13H,14H2,1-4H3. The molecule has 0 unspecified atom stereocenters. The monoisotopic (exact) mass is 434 g/mol. The maximum absolute atomic E-state index is 13.4. The molecule has 0 N–H and O–H groups in total. The Kier molecular flexibility index (Phi) is 5.88. The first-order valence-electron chi connectivity index (χ1n) is 8.93. The Labute approximate surface area is 175 Å². The lowest BCUT2D eigenvalue weighted by Gasteiger charge is -2.26. The highest BCUT2D eigenvalue weighted by molar-refractivity contribution is 7.90. The van der Waals surface area contributed by atoms with Gasteiger partial charge in [0.15, 0.2) is 0 Å². The number of nitrogens with zero attached hydrogens (tertiary/aromatic N) is 4. The molecule has 1 heterocycles. The van der Waals surface area contributed by atoms with Gasteiger partial charge in [0, 0.05) is 26.2 Å². The average Bonchev–Trinajstić information content (AvgIpc) is 2.89. The van der Waals surface area contributed by atoms with Gasteiger partial charge in [-0.25, -0.2) is 8.99 Å². The van der Waals surface area contributed by atoms with Crippen LogP contribution in [0.5, 0.6) is 0 Å². The van der Waals surface area contributed by atoms with E-state index in [0.29, 0.717) is 22.0 Å². The normalized spacial score (nSPS) is 11.8. The Morgan fingerprint density at radius 2 is 1.69 bits per heavy atom. The minimum absolute atomic E-state index is 0.0179. The number of anilines is 1. The van der Waals surface area contributed by atoms with Crippen molar-refractivity contribution in [3.05, 3.63) is 81.2 Å². The molecule has 0 saturated heterocycles. The number of hydrogen-bond acceptors (Lipinski definition) is 3.